The Labute approximate surface area is 212 Å². The van der Waals surface area contributed by atoms with Gasteiger partial charge in [-0.2, -0.15) is 0 Å². The number of halogens is 2. The van der Waals surface area contributed by atoms with Crippen LogP contribution in [0, 0.1) is 12.8 Å². The van der Waals surface area contributed by atoms with E-state index in [4.69, 9.17) is 5.73 Å². The summed E-state index contributed by atoms with van der Waals surface area (Å²) in [5.41, 5.74) is 9.60. The molecular weight excluding hydrogens is 478 g/mol. The van der Waals surface area contributed by atoms with E-state index >= 15 is 0 Å². The standard InChI is InChI=1S/C27H26F2N6O2/c1-16-14-20(6-7-21(16)27(37)34-11-8-19(9-12-34)24(30)36)33-25-26-32-15-22(35(26)13-10-31-25)17-2-4-18(5-3-17)23(28)29/h2-7,10,13-15,19,23H,8-9,11-12H2,1H3,(H2,30,36)(H,31,33). The Morgan fingerprint density at radius 3 is 2.46 bits per heavy atom. The predicted octanol–water partition coefficient (Wildman–Crippen LogP) is 4.72. The number of nitrogens with zero attached hydrogens (tertiary/aromatic N) is 4. The van der Waals surface area contributed by atoms with Crippen LogP contribution < -0.4 is 11.1 Å². The summed E-state index contributed by atoms with van der Waals surface area (Å²) in [6.45, 7) is 2.88. The maximum Gasteiger partial charge on any atom is 0.263 e. The van der Waals surface area contributed by atoms with Crippen molar-refractivity contribution in [2.45, 2.75) is 26.2 Å². The van der Waals surface area contributed by atoms with Crippen molar-refractivity contribution in [3.8, 4) is 11.3 Å². The van der Waals surface area contributed by atoms with Crippen LogP contribution in [0.2, 0.25) is 0 Å². The van der Waals surface area contributed by atoms with E-state index in [1.165, 1.54) is 12.1 Å². The Kier molecular flexibility index (Phi) is 6.56. The number of benzene rings is 2. The van der Waals surface area contributed by atoms with Gasteiger partial charge in [0.25, 0.3) is 12.3 Å². The first-order valence-corrected chi connectivity index (χ1v) is 12.0. The summed E-state index contributed by atoms with van der Waals surface area (Å²) in [5.74, 6) is -0.0309. The van der Waals surface area contributed by atoms with Crippen molar-refractivity contribution in [2.24, 2.45) is 11.7 Å². The summed E-state index contributed by atoms with van der Waals surface area (Å²) >= 11 is 0. The molecule has 0 atom stereocenters. The first-order chi connectivity index (χ1) is 17.8. The number of likely N-dealkylation sites (tertiary alicyclic amines) is 1. The molecule has 0 radical (unpaired) electrons. The second-order valence-electron chi connectivity index (χ2n) is 9.16. The molecule has 3 N–H and O–H groups in total. The molecule has 0 spiro atoms. The van der Waals surface area contributed by atoms with Gasteiger partial charge in [-0.25, -0.2) is 18.7 Å². The minimum absolute atomic E-state index is 0.0333. The van der Waals surface area contributed by atoms with Gasteiger partial charge >= 0.3 is 0 Å². The number of primary amides is 1. The molecule has 0 saturated carbocycles. The maximum absolute atomic E-state index is 13.1. The first kappa shape index (κ1) is 24.4. The molecule has 2 aromatic carbocycles. The molecule has 5 rings (SSSR count). The maximum atomic E-state index is 13.1. The zero-order valence-corrected chi connectivity index (χ0v) is 20.2. The minimum Gasteiger partial charge on any atom is -0.369 e. The minimum atomic E-state index is -2.52. The van der Waals surface area contributed by atoms with Crippen molar-refractivity contribution in [2.75, 3.05) is 18.4 Å². The summed E-state index contributed by atoms with van der Waals surface area (Å²) in [4.78, 5) is 35.1. The van der Waals surface area contributed by atoms with Crippen molar-refractivity contribution in [3.05, 3.63) is 77.7 Å². The molecule has 1 aliphatic heterocycles. The van der Waals surface area contributed by atoms with Crippen molar-refractivity contribution in [1.29, 1.82) is 0 Å². The summed E-state index contributed by atoms with van der Waals surface area (Å²) < 4.78 is 27.7. The van der Waals surface area contributed by atoms with E-state index in [1.54, 1.807) is 41.7 Å². The largest absolute Gasteiger partial charge is 0.369 e. The summed E-state index contributed by atoms with van der Waals surface area (Å²) in [7, 11) is 0. The number of piperidine rings is 1. The van der Waals surface area contributed by atoms with Crippen LogP contribution in [0.1, 0.15) is 40.8 Å². The lowest BCUT2D eigenvalue weighted by Gasteiger charge is -2.31. The molecule has 190 valence electrons. The van der Waals surface area contributed by atoms with Crippen LogP contribution >= 0.6 is 0 Å². The fourth-order valence-corrected chi connectivity index (χ4v) is 4.68. The number of nitrogens with two attached hydrogens (primary N) is 1. The zero-order chi connectivity index (χ0) is 26.1. The summed E-state index contributed by atoms with van der Waals surface area (Å²) in [6, 6.07) is 11.6. The fourth-order valence-electron chi connectivity index (χ4n) is 4.68. The lowest BCUT2D eigenvalue weighted by atomic mass is 9.95. The predicted molar refractivity (Wildman–Crippen MR) is 136 cm³/mol. The lowest BCUT2D eigenvalue weighted by molar-refractivity contribution is -0.123. The number of imidazole rings is 1. The first-order valence-electron chi connectivity index (χ1n) is 12.0. The Balaban J connectivity index is 1.34. The van der Waals surface area contributed by atoms with Crippen molar-refractivity contribution < 1.29 is 18.4 Å². The van der Waals surface area contributed by atoms with Gasteiger partial charge in [-0.05, 0) is 43.5 Å². The average molecular weight is 505 g/mol. The van der Waals surface area contributed by atoms with Gasteiger partial charge in [0.15, 0.2) is 11.5 Å². The number of aryl methyl sites for hydroxylation is 1. The van der Waals surface area contributed by atoms with Crippen LogP contribution in [0.25, 0.3) is 16.9 Å². The third-order valence-corrected chi connectivity index (χ3v) is 6.79. The molecule has 1 aliphatic rings. The Bertz CT molecular complexity index is 1460. The Morgan fingerprint density at radius 1 is 1.08 bits per heavy atom. The van der Waals surface area contributed by atoms with E-state index in [0.717, 1.165) is 22.5 Å². The number of amides is 2. The molecule has 37 heavy (non-hydrogen) atoms. The quantitative estimate of drug-likeness (QED) is 0.395. The molecule has 1 saturated heterocycles. The van der Waals surface area contributed by atoms with Crippen LogP contribution in [-0.4, -0.2) is 44.2 Å². The molecule has 10 heteroatoms. The van der Waals surface area contributed by atoms with Crippen LogP contribution in [0.15, 0.2) is 61.1 Å². The smallest absolute Gasteiger partial charge is 0.263 e. The number of rotatable bonds is 6. The molecule has 2 amide bonds. The van der Waals surface area contributed by atoms with Crippen molar-refractivity contribution in [3.63, 3.8) is 0 Å². The molecule has 1 fully saturated rings. The summed E-state index contributed by atoms with van der Waals surface area (Å²) in [6.07, 6.45) is 3.71. The van der Waals surface area contributed by atoms with E-state index in [-0.39, 0.29) is 23.3 Å². The van der Waals surface area contributed by atoms with Crippen LogP contribution in [0.4, 0.5) is 20.3 Å². The van der Waals surface area contributed by atoms with Gasteiger partial charge in [0, 0.05) is 53.8 Å². The molecular formula is C27H26F2N6O2. The monoisotopic (exact) mass is 504 g/mol. The number of nitrogens with one attached hydrogen (secondary N) is 1. The third-order valence-electron chi connectivity index (χ3n) is 6.79. The highest BCUT2D eigenvalue weighted by Crippen LogP contribution is 2.28. The second kappa shape index (κ2) is 9.96. The third kappa shape index (κ3) is 4.87. The van der Waals surface area contributed by atoms with Gasteiger partial charge in [-0.15, -0.1) is 0 Å². The lowest BCUT2D eigenvalue weighted by Crippen LogP contribution is -2.41. The molecule has 2 aromatic heterocycles. The molecule has 0 aliphatic carbocycles. The van der Waals surface area contributed by atoms with Crippen molar-refractivity contribution in [1.82, 2.24) is 19.3 Å². The summed E-state index contributed by atoms with van der Waals surface area (Å²) in [5, 5.41) is 3.27. The van der Waals surface area contributed by atoms with Crippen LogP contribution in [-0.2, 0) is 4.79 Å². The Morgan fingerprint density at radius 2 is 1.81 bits per heavy atom. The average Bonchev–Trinajstić information content (AvgIpc) is 3.34. The molecule has 8 nitrogen and oxygen atoms in total. The highest BCUT2D eigenvalue weighted by molar-refractivity contribution is 5.96. The normalized spacial score (nSPS) is 14.3. The van der Waals surface area contributed by atoms with Gasteiger partial charge in [0.2, 0.25) is 5.91 Å². The van der Waals surface area contributed by atoms with Crippen LogP contribution in [0.5, 0.6) is 0 Å². The number of carbonyl (C=O) groups excluding carboxylic acids is 2. The number of aromatic nitrogens is 3. The second-order valence-corrected chi connectivity index (χ2v) is 9.16. The van der Waals surface area contributed by atoms with Gasteiger partial charge in [0.1, 0.15) is 0 Å². The molecule has 0 unspecified atom stereocenters. The number of hydrogen-bond acceptors (Lipinski definition) is 5. The number of carbonyl (C=O) groups is 2. The number of fused-ring (bicyclic) bond motifs is 1. The van der Waals surface area contributed by atoms with E-state index in [9.17, 15) is 18.4 Å². The fraction of sp³-hybridized carbons (Fsp3) is 0.259. The molecule has 3 heterocycles. The number of hydrogen-bond donors (Lipinski definition) is 2. The Hall–Kier alpha value is -4.34. The van der Waals surface area contributed by atoms with E-state index in [2.05, 4.69) is 15.3 Å². The van der Waals surface area contributed by atoms with E-state index in [0.29, 0.717) is 43.0 Å². The molecule has 0 bridgehead atoms. The van der Waals surface area contributed by atoms with Crippen molar-refractivity contribution >= 4 is 29.0 Å². The van der Waals surface area contributed by atoms with Crippen LogP contribution in [0.3, 0.4) is 0 Å². The van der Waals surface area contributed by atoms with E-state index in [1.807, 2.05) is 23.5 Å². The zero-order valence-electron chi connectivity index (χ0n) is 20.2. The van der Waals surface area contributed by atoms with E-state index < -0.39 is 6.43 Å². The number of alkyl halides is 2. The van der Waals surface area contributed by atoms with Gasteiger partial charge in [-0.3, -0.25) is 14.0 Å². The van der Waals surface area contributed by atoms with Gasteiger partial charge in [-0.1, -0.05) is 24.3 Å². The topological polar surface area (TPSA) is 106 Å². The van der Waals surface area contributed by atoms with Gasteiger partial charge < -0.3 is 16.0 Å². The molecule has 4 aromatic rings. The highest BCUT2D eigenvalue weighted by atomic mass is 19.3. The van der Waals surface area contributed by atoms with Gasteiger partial charge in [0.05, 0.1) is 11.9 Å². The number of anilines is 2. The SMILES string of the molecule is Cc1cc(Nc2nccn3c(-c4ccc(C(F)F)cc4)cnc23)ccc1C(=O)N1CCC(C(N)=O)CC1. The highest BCUT2D eigenvalue weighted by Gasteiger charge is 2.27.